The van der Waals surface area contributed by atoms with Gasteiger partial charge in [-0.2, -0.15) is 5.10 Å². The summed E-state index contributed by atoms with van der Waals surface area (Å²) >= 11 is 0. The van der Waals surface area contributed by atoms with E-state index in [4.69, 9.17) is 0 Å². The van der Waals surface area contributed by atoms with Crippen LogP contribution in [0, 0.1) is 0 Å². The van der Waals surface area contributed by atoms with Gasteiger partial charge in [-0.1, -0.05) is 20.8 Å². The fourth-order valence-corrected chi connectivity index (χ4v) is 2.78. The number of hydrogen-bond acceptors (Lipinski definition) is 5. The molecule has 3 heterocycles. The van der Waals surface area contributed by atoms with Crippen molar-refractivity contribution in [2.24, 2.45) is 7.05 Å². The molecule has 7 nitrogen and oxygen atoms in total. The minimum atomic E-state index is -0.0446. The Labute approximate surface area is 142 Å². The number of anilines is 1. The zero-order valence-electron chi connectivity index (χ0n) is 14.7. The molecule has 0 spiro atoms. The van der Waals surface area contributed by atoms with Crippen LogP contribution in [0.15, 0.2) is 18.6 Å². The number of aryl methyl sites for hydroxylation is 1. The summed E-state index contributed by atoms with van der Waals surface area (Å²) in [6, 6.07) is 1.94. The lowest BCUT2D eigenvalue weighted by atomic mass is 9.92. The molecular formula is C17H24N6O. The first-order chi connectivity index (χ1) is 11.3. The summed E-state index contributed by atoms with van der Waals surface area (Å²) in [7, 11) is 1.85. The molecule has 2 aromatic heterocycles. The Morgan fingerprint density at radius 3 is 2.88 bits per heavy atom. The minimum absolute atomic E-state index is 0.0315. The van der Waals surface area contributed by atoms with Gasteiger partial charge in [-0.05, 0) is 12.0 Å². The Kier molecular flexibility index (Phi) is 4.36. The molecule has 0 atom stereocenters. The number of rotatable bonds is 3. The molecule has 0 bridgehead atoms. The zero-order chi connectivity index (χ0) is 17.3. The fourth-order valence-electron chi connectivity index (χ4n) is 2.78. The molecule has 128 valence electrons. The normalized spacial score (nSPS) is 15.2. The van der Waals surface area contributed by atoms with E-state index in [1.165, 1.54) is 5.56 Å². The van der Waals surface area contributed by atoms with Gasteiger partial charge in [0.05, 0.1) is 17.9 Å². The highest BCUT2D eigenvalue weighted by molar-refractivity contribution is 5.91. The van der Waals surface area contributed by atoms with Crippen molar-refractivity contribution >= 4 is 11.7 Å². The molecular weight excluding hydrogens is 304 g/mol. The lowest BCUT2D eigenvalue weighted by Gasteiger charge is -2.26. The van der Waals surface area contributed by atoms with E-state index >= 15 is 0 Å². The fraction of sp³-hybridized carbons (Fsp3) is 0.529. The van der Waals surface area contributed by atoms with E-state index in [1.54, 1.807) is 11.0 Å². The van der Waals surface area contributed by atoms with Crippen molar-refractivity contribution in [3.05, 3.63) is 35.5 Å². The molecule has 0 fully saturated rings. The number of hydrogen-bond donors (Lipinski definition) is 1. The van der Waals surface area contributed by atoms with Gasteiger partial charge in [-0.15, -0.1) is 0 Å². The molecule has 0 radical (unpaired) electrons. The highest BCUT2D eigenvalue weighted by Gasteiger charge is 2.22. The third-order valence-electron chi connectivity index (χ3n) is 4.23. The molecule has 3 rings (SSSR count). The maximum absolute atomic E-state index is 12.4. The molecule has 1 N–H and O–H groups in total. The molecule has 1 aliphatic heterocycles. The van der Waals surface area contributed by atoms with Crippen molar-refractivity contribution in [3.8, 4) is 0 Å². The highest BCUT2D eigenvalue weighted by Crippen LogP contribution is 2.23. The van der Waals surface area contributed by atoms with Crippen LogP contribution in [0.1, 0.15) is 37.7 Å². The summed E-state index contributed by atoms with van der Waals surface area (Å²) < 4.78 is 1.72. The summed E-state index contributed by atoms with van der Waals surface area (Å²) in [6.07, 6.45) is 4.30. The van der Waals surface area contributed by atoms with E-state index in [1.807, 2.05) is 19.3 Å². The first-order valence-corrected chi connectivity index (χ1v) is 8.17. The standard InChI is InChI=1S/C17H24N6O/c1-17(2,3)14-7-15(22(4)21-14)20-16(24)10-23-6-5-12-8-18-11-19-13(12)9-23/h7-8,11H,5-6,9-10H2,1-4H3,(H,20,24). The van der Waals surface area contributed by atoms with Crippen LogP contribution in [-0.2, 0) is 30.2 Å². The van der Waals surface area contributed by atoms with Crippen molar-refractivity contribution in [1.29, 1.82) is 0 Å². The number of carbonyl (C=O) groups excluding carboxylic acids is 1. The van der Waals surface area contributed by atoms with E-state index in [2.05, 4.69) is 46.1 Å². The molecule has 1 amide bonds. The zero-order valence-corrected chi connectivity index (χ0v) is 14.7. The molecule has 0 unspecified atom stereocenters. The van der Waals surface area contributed by atoms with Gasteiger partial charge >= 0.3 is 0 Å². The number of fused-ring (bicyclic) bond motifs is 1. The van der Waals surface area contributed by atoms with Crippen molar-refractivity contribution in [2.45, 2.75) is 39.2 Å². The Hall–Kier alpha value is -2.28. The lowest BCUT2D eigenvalue weighted by molar-refractivity contribution is -0.117. The van der Waals surface area contributed by atoms with Gasteiger partial charge in [0, 0.05) is 37.8 Å². The van der Waals surface area contributed by atoms with Crippen LogP contribution < -0.4 is 5.32 Å². The molecule has 2 aromatic rings. The summed E-state index contributed by atoms with van der Waals surface area (Å²) in [5.74, 6) is 0.695. The third kappa shape index (κ3) is 3.62. The molecule has 7 heteroatoms. The topological polar surface area (TPSA) is 75.9 Å². The van der Waals surface area contributed by atoms with Crippen LogP contribution >= 0.6 is 0 Å². The first-order valence-electron chi connectivity index (χ1n) is 8.17. The number of amides is 1. The van der Waals surface area contributed by atoms with Gasteiger partial charge in [-0.3, -0.25) is 14.4 Å². The smallest absolute Gasteiger partial charge is 0.239 e. The third-order valence-corrected chi connectivity index (χ3v) is 4.23. The van der Waals surface area contributed by atoms with Crippen LogP contribution in [-0.4, -0.2) is 43.6 Å². The van der Waals surface area contributed by atoms with Gasteiger partial charge < -0.3 is 5.32 Å². The number of aromatic nitrogens is 4. The Bertz CT molecular complexity index is 746. The van der Waals surface area contributed by atoms with E-state index < -0.39 is 0 Å². The summed E-state index contributed by atoms with van der Waals surface area (Å²) in [5.41, 5.74) is 3.11. The number of nitrogens with one attached hydrogen (secondary N) is 1. The van der Waals surface area contributed by atoms with E-state index in [0.717, 1.165) is 30.2 Å². The van der Waals surface area contributed by atoms with Crippen LogP contribution in [0.25, 0.3) is 0 Å². The molecule has 0 aromatic carbocycles. The van der Waals surface area contributed by atoms with Crippen molar-refractivity contribution in [3.63, 3.8) is 0 Å². The second-order valence-corrected chi connectivity index (χ2v) is 7.29. The molecule has 0 saturated heterocycles. The number of nitrogens with zero attached hydrogens (tertiary/aromatic N) is 5. The van der Waals surface area contributed by atoms with Gasteiger partial charge in [0.1, 0.15) is 12.1 Å². The van der Waals surface area contributed by atoms with Crippen LogP contribution in [0.3, 0.4) is 0 Å². The largest absolute Gasteiger partial charge is 0.310 e. The maximum atomic E-state index is 12.4. The second-order valence-electron chi connectivity index (χ2n) is 7.29. The van der Waals surface area contributed by atoms with Gasteiger partial charge in [0.25, 0.3) is 0 Å². The lowest BCUT2D eigenvalue weighted by Crippen LogP contribution is -2.37. The van der Waals surface area contributed by atoms with E-state index in [-0.39, 0.29) is 11.3 Å². The monoisotopic (exact) mass is 328 g/mol. The molecule has 24 heavy (non-hydrogen) atoms. The molecule has 0 aliphatic carbocycles. The average Bonchev–Trinajstić information content (AvgIpc) is 2.88. The second kappa shape index (κ2) is 6.32. The minimum Gasteiger partial charge on any atom is -0.310 e. The quantitative estimate of drug-likeness (QED) is 0.924. The molecule has 0 saturated carbocycles. The van der Waals surface area contributed by atoms with Gasteiger partial charge in [0.15, 0.2) is 0 Å². The predicted molar refractivity (Wildman–Crippen MR) is 91.6 cm³/mol. The predicted octanol–water partition coefficient (Wildman–Crippen LogP) is 1.50. The molecule has 1 aliphatic rings. The van der Waals surface area contributed by atoms with Crippen molar-refractivity contribution < 1.29 is 4.79 Å². The van der Waals surface area contributed by atoms with Gasteiger partial charge in [0.2, 0.25) is 5.91 Å². The van der Waals surface area contributed by atoms with Crippen molar-refractivity contribution in [1.82, 2.24) is 24.6 Å². The first kappa shape index (κ1) is 16.6. The number of carbonyl (C=O) groups is 1. The van der Waals surface area contributed by atoms with Crippen LogP contribution in [0.5, 0.6) is 0 Å². The highest BCUT2D eigenvalue weighted by atomic mass is 16.2. The van der Waals surface area contributed by atoms with Crippen LogP contribution in [0.4, 0.5) is 5.82 Å². The van der Waals surface area contributed by atoms with E-state index in [9.17, 15) is 4.79 Å². The van der Waals surface area contributed by atoms with Crippen LogP contribution in [0.2, 0.25) is 0 Å². The van der Waals surface area contributed by atoms with Crippen molar-refractivity contribution in [2.75, 3.05) is 18.4 Å². The summed E-state index contributed by atoms with van der Waals surface area (Å²) in [5, 5.41) is 7.44. The summed E-state index contributed by atoms with van der Waals surface area (Å²) in [4.78, 5) is 22.8. The van der Waals surface area contributed by atoms with Gasteiger partial charge in [-0.25, -0.2) is 9.97 Å². The Morgan fingerprint density at radius 1 is 1.38 bits per heavy atom. The maximum Gasteiger partial charge on any atom is 0.239 e. The average molecular weight is 328 g/mol. The Morgan fingerprint density at radius 2 is 2.17 bits per heavy atom. The summed E-state index contributed by atoms with van der Waals surface area (Å²) in [6.45, 7) is 8.19. The SMILES string of the molecule is Cn1nc(C(C)(C)C)cc1NC(=O)CN1CCc2cncnc2C1. The van der Waals surface area contributed by atoms with E-state index in [0.29, 0.717) is 13.1 Å². The Balaban J connectivity index is 1.62.